The van der Waals surface area contributed by atoms with Gasteiger partial charge in [-0.15, -0.1) is 0 Å². The lowest BCUT2D eigenvalue weighted by molar-refractivity contribution is -0.135. The highest BCUT2D eigenvalue weighted by atomic mass is 16.5. The van der Waals surface area contributed by atoms with Crippen LogP contribution in [0.3, 0.4) is 0 Å². The lowest BCUT2D eigenvalue weighted by atomic mass is 10.1. The van der Waals surface area contributed by atoms with Crippen molar-refractivity contribution < 1.29 is 14.3 Å². The Kier molecular flexibility index (Phi) is 3.10. The van der Waals surface area contributed by atoms with Crippen LogP contribution >= 0.6 is 0 Å². The average molecular weight is 295 g/mol. The predicted molar refractivity (Wildman–Crippen MR) is 83.7 cm³/mol. The van der Waals surface area contributed by atoms with Crippen LogP contribution in [-0.4, -0.2) is 11.9 Å². The molecule has 22 heavy (non-hydrogen) atoms. The molecule has 1 N–H and O–H groups in total. The zero-order chi connectivity index (χ0) is 15.1. The van der Waals surface area contributed by atoms with Crippen molar-refractivity contribution in [2.45, 2.75) is 25.7 Å². The van der Waals surface area contributed by atoms with Crippen molar-refractivity contribution in [1.29, 1.82) is 0 Å². The molecule has 0 unspecified atom stereocenters. The van der Waals surface area contributed by atoms with Gasteiger partial charge >= 0.3 is 5.97 Å². The van der Waals surface area contributed by atoms with E-state index < -0.39 is 0 Å². The molecular weight excluding hydrogens is 278 g/mol. The average Bonchev–Trinajstić information content (AvgIpc) is 3.41. The van der Waals surface area contributed by atoms with E-state index in [1.807, 2.05) is 30.3 Å². The fourth-order valence-corrected chi connectivity index (χ4v) is 2.56. The number of nitrogens with one attached hydrogen (secondary N) is 1. The summed E-state index contributed by atoms with van der Waals surface area (Å²) in [6.45, 7) is 0. The van der Waals surface area contributed by atoms with Crippen molar-refractivity contribution in [3.05, 3.63) is 36.4 Å². The molecule has 0 heterocycles. The lowest BCUT2D eigenvalue weighted by Gasteiger charge is -2.12. The maximum Gasteiger partial charge on any atom is 0.314 e. The first-order valence-electron chi connectivity index (χ1n) is 7.76. The Morgan fingerprint density at radius 2 is 1.59 bits per heavy atom. The van der Waals surface area contributed by atoms with Crippen LogP contribution in [0.1, 0.15) is 25.7 Å². The third-order valence-corrected chi connectivity index (χ3v) is 4.21. The van der Waals surface area contributed by atoms with E-state index in [-0.39, 0.29) is 23.7 Å². The number of benzene rings is 2. The molecule has 2 aromatic rings. The zero-order valence-corrected chi connectivity index (χ0v) is 12.2. The van der Waals surface area contributed by atoms with Gasteiger partial charge in [0.2, 0.25) is 5.91 Å². The highest BCUT2D eigenvalue weighted by Crippen LogP contribution is 2.36. The minimum atomic E-state index is -0.153. The molecule has 2 fully saturated rings. The van der Waals surface area contributed by atoms with Crippen LogP contribution < -0.4 is 10.1 Å². The van der Waals surface area contributed by atoms with E-state index in [1.165, 1.54) is 0 Å². The van der Waals surface area contributed by atoms with Gasteiger partial charge in [0.25, 0.3) is 0 Å². The van der Waals surface area contributed by atoms with Gasteiger partial charge in [-0.3, -0.25) is 9.59 Å². The molecule has 0 saturated heterocycles. The molecule has 0 radical (unpaired) electrons. The fourth-order valence-electron chi connectivity index (χ4n) is 2.56. The van der Waals surface area contributed by atoms with E-state index in [1.54, 1.807) is 6.07 Å². The Morgan fingerprint density at radius 3 is 2.27 bits per heavy atom. The summed E-state index contributed by atoms with van der Waals surface area (Å²) in [5, 5.41) is 4.74. The van der Waals surface area contributed by atoms with Crippen molar-refractivity contribution in [3.8, 4) is 5.75 Å². The molecule has 0 bridgehead atoms. The second kappa shape index (κ2) is 5.13. The number of amides is 1. The number of anilines is 1. The summed E-state index contributed by atoms with van der Waals surface area (Å²) in [5.74, 6) is 0.712. The number of esters is 1. The topological polar surface area (TPSA) is 55.4 Å². The number of rotatable bonds is 4. The molecule has 0 spiro atoms. The van der Waals surface area contributed by atoms with E-state index in [0.717, 1.165) is 42.1 Å². The van der Waals surface area contributed by atoms with Crippen LogP contribution in [0.5, 0.6) is 5.75 Å². The van der Waals surface area contributed by atoms with E-state index in [4.69, 9.17) is 4.74 Å². The molecular formula is C18H17NO3. The molecule has 4 rings (SSSR count). The molecule has 2 aromatic carbocycles. The van der Waals surface area contributed by atoms with Gasteiger partial charge in [-0.1, -0.05) is 24.3 Å². The van der Waals surface area contributed by atoms with Crippen LogP contribution in [0.25, 0.3) is 10.8 Å². The zero-order valence-electron chi connectivity index (χ0n) is 12.2. The number of hydrogen-bond donors (Lipinski definition) is 1. The minimum Gasteiger partial charge on any atom is -0.426 e. The number of carbonyl (C=O) groups is 2. The number of hydrogen-bond acceptors (Lipinski definition) is 3. The van der Waals surface area contributed by atoms with Crippen molar-refractivity contribution in [2.75, 3.05) is 5.32 Å². The molecule has 4 nitrogen and oxygen atoms in total. The fraction of sp³-hybridized carbons (Fsp3) is 0.333. The Hall–Kier alpha value is -2.36. The van der Waals surface area contributed by atoms with E-state index >= 15 is 0 Å². The molecule has 0 atom stereocenters. The third-order valence-electron chi connectivity index (χ3n) is 4.21. The van der Waals surface area contributed by atoms with E-state index in [0.29, 0.717) is 5.75 Å². The first-order valence-corrected chi connectivity index (χ1v) is 7.76. The van der Waals surface area contributed by atoms with Gasteiger partial charge in [0, 0.05) is 22.4 Å². The molecule has 4 heteroatoms. The maximum absolute atomic E-state index is 12.0. The molecule has 1 amide bonds. The molecule has 2 saturated carbocycles. The summed E-state index contributed by atoms with van der Waals surface area (Å²) in [6, 6.07) is 11.3. The van der Waals surface area contributed by atoms with Gasteiger partial charge in [0.1, 0.15) is 5.75 Å². The second-order valence-electron chi connectivity index (χ2n) is 6.12. The standard InChI is InChI=1S/C18H17NO3/c20-17(11-5-6-11)19-15-9-10-16(22-18(21)12-7-8-12)14-4-2-1-3-13(14)15/h1-4,9-12H,5-8H2,(H,19,20). The van der Waals surface area contributed by atoms with Crippen molar-refractivity contribution in [2.24, 2.45) is 11.8 Å². The first kappa shape index (κ1) is 13.3. The van der Waals surface area contributed by atoms with Crippen LogP contribution in [0.4, 0.5) is 5.69 Å². The Bertz CT molecular complexity index is 696. The van der Waals surface area contributed by atoms with Crippen molar-refractivity contribution >= 4 is 28.3 Å². The Balaban J connectivity index is 1.67. The van der Waals surface area contributed by atoms with Crippen LogP contribution in [0.15, 0.2) is 36.4 Å². The number of ether oxygens (including phenoxy) is 1. The van der Waals surface area contributed by atoms with Gasteiger partial charge in [-0.25, -0.2) is 0 Å². The minimum absolute atomic E-state index is 0.0630. The highest BCUT2D eigenvalue weighted by molar-refractivity contribution is 6.05. The molecule has 2 aliphatic rings. The van der Waals surface area contributed by atoms with Crippen LogP contribution in [-0.2, 0) is 9.59 Å². The summed E-state index contributed by atoms with van der Waals surface area (Å²) in [7, 11) is 0. The summed E-state index contributed by atoms with van der Waals surface area (Å²) in [5.41, 5.74) is 0.777. The Morgan fingerprint density at radius 1 is 0.909 bits per heavy atom. The van der Waals surface area contributed by atoms with Gasteiger partial charge in [-0.05, 0) is 37.8 Å². The number of fused-ring (bicyclic) bond motifs is 1. The molecule has 112 valence electrons. The normalized spacial score (nSPS) is 17.3. The second-order valence-corrected chi connectivity index (χ2v) is 6.12. The number of carbonyl (C=O) groups excluding carboxylic acids is 2. The first-order chi connectivity index (χ1) is 10.7. The molecule has 2 aliphatic carbocycles. The maximum atomic E-state index is 12.0. The highest BCUT2D eigenvalue weighted by Gasteiger charge is 2.32. The molecule has 0 aliphatic heterocycles. The Labute approximate surface area is 128 Å². The third kappa shape index (κ3) is 2.56. The van der Waals surface area contributed by atoms with Crippen molar-refractivity contribution in [1.82, 2.24) is 0 Å². The van der Waals surface area contributed by atoms with Gasteiger partial charge < -0.3 is 10.1 Å². The van der Waals surface area contributed by atoms with E-state index in [2.05, 4.69) is 5.32 Å². The van der Waals surface area contributed by atoms with Crippen LogP contribution in [0, 0.1) is 11.8 Å². The van der Waals surface area contributed by atoms with Gasteiger partial charge in [0.15, 0.2) is 0 Å². The quantitative estimate of drug-likeness (QED) is 0.693. The summed E-state index contributed by atoms with van der Waals surface area (Å²) < 4.78 is 5.52. The SMILES string of the molecule is O=C(Nc1ccc(OC(=O)C2CC2)c2ccccc12)C1CC1. The van der Waals surface area contributed by atoms with E-state index in [9.17, 15) is 9.59 Å². The monoisotopic (exact) mass is 295 g/mol. The van der Waals surface area contributed by atoms with Crippen LogP contribution in [0.2, 0.25) is 0 Å². The lowest BCUT2D eigenvalue weighted by Crippen LogP contribution is -2.14. The largest absolute Gasteiger partial charge is 0.426 e. The summed E-state index contributed by atoms with van der Waals surface area (Å²) >= 11 is 0. The van der Waals surface area contributed by atoms with Gasteiger partial charge in [-0.2, -0.15) is 0 Å². The molecule has 0 aromatic heterocycles. The summed E-state index contributed by atoms with van der Waals surface area (Å²) in [4.78, 5) is 23.9. The van der Waals surface area contributed by atoms with Gasteiger partial charge in [0.05, 0.1) is 5.92 Å². The summed E-state index contributed by atoms with van der Waals surface area (Å²) in [6.07, 6.45) is 3.79. The smallest absolute Gasteiger partial charge is 0.314 e. The predicted octanol–water partition coefficient (Wildman–Crippen LogP) is 3.50. The van der Waals surface area contributed by atoms with Crippen molar-refractivity contribution in [3.63, 3.8) is 0 Å².